The molecule has 1 N–H and O–H groups in total. The van der Waals surface area contributed by atoms with Gasteiger partial charge in [0.25, 0.3) is 5.78 Å². The van der Waals surface area contributed by atoms with Crippen LogP contribution in [0.25, 0.3) is 6.08 Å². The van der Waals surface area contributed by atoms with Crippen LogP contribution in [0.2, 0.25) is 5.02 Å². The van der Waals surface area contributed by atoms with E-state index in [0.717, 1.165) is 6.08 Å². The van der Waals surface area contributed by atoms with Gasteiger partial charge >= 0.3 is 5.97 Å². The van der Waals surface area contributed by atoms with Gasteiger partial charge in [0.1, 0.15) is 0 Å². The summed E-state index contributed by atoms with van der Waals surface area (Å²) in [6, 6.07) is 3.17. The highest BCUT2D eigenvalue weighted by Crippen LogP contribution is 2.39. The zero-order chi connectivity index (χ0) is 12.4. The molecule has 0 aliphatic carbocycles. The number of benzene rings is 1. The maximum absolute atomic E-state index is 10.9. The SMILES string of the molecule is O=C(O)C(=O)/C=C/c1cc(Cl)c2c(c1)OCO2. The predicted molar refractivity (Wildman–Crippen MR) is 59.3 cm³/mol. The van der Waals surface area contributed by atoms with E-state index in [2.05, 4.69) is 0 Å². The summed E-state index contributed by atoms with van der Waals surface area (Å²) in [5, 5.41) is 8.75. The Morgan fingerprint density at radius 2 is 2.12 bits per heavy atom. The lowest BCUT2D eigenvalue weighted by Crippen LogP contribution is -2.08. The second-order valence-corrected chi connectivity index (χ2v) is 3.65. The Morgan fingerprint density at radius 3 is 2.82 bits per heavy atom. The van der Waals surface area contributed by atoms with Crippen molar-refractivity contribution >= 4 is 29.4 Å². The summed E-state index contributed by atoms with van der Waals surface area (Å²) in [7, 11) is 0. The fourth-order valence-corrected chi connectivity index (χ4v) is 1.60. The fraction of sp³-hybridized carbons (Fsp3) is 0.0909. The lowest BCUT2D eigenvalue weighted by Gasteiger charge is -2.00. The maximum atomic E-state index is 10.9. The molecule has 1 heterocycles. The molecule has 1 aromatic rings. The Kier molecular flexibility index (Phi) is 3.01. The molecular weight excluding hydrogens is 248 g/mol. The number of aliphatic carboxylic acids is 1. The first-order chi connectivity index (χ1) is 8.08. The number of ether oxygens (including phenoxy) is 2. The van der Waals surface area contributed by atoms with Gasteiger partial charge in [0.05, 0.1) is 5.02 Å². The van der Waals surface area contributed by atoms with Gasteiger partial charge in [-0.15, -0.1) is 0 Å². The molecule has 0 bridgehead atoms. The minimum atomic E-state index is -1.51. The van der Waals surface area contributed by atoms with Gasteiger partial charge in [0.2, 0.25) is 6.79 Å². The zero-order valence-electron chi connectivity index (χ0n) is 8.47. The molecule has 0 aromatic heterocycles. The van der Waals surface area contributed by atoms with Crippen LogP contribution in [-0.4, -0.2) is 23.7 Å². The lowest BCUT2D eigenvalue weighted by atomic mass is 10.1. The first kappa shape index (κ1) is 11.5. The normalized spacial score (nSPS) is 13.0. The molecule has 0 unspecified atom stereocenters. The highest BCUT2D eigenvalue weighted by molar-refractivity contribution is 6.38. The Balaban J connectivity index is 2.26. The smallest absolute Gasteiger partial charge is 0.376 e. The summed E-state index contributed by atoms with van der Waals surface area (Å²) in [4.78, 5) is 21.2. The molecule has 17 heavy (non-hydrogen) atoms. The highest BCUT2D eigenvalue weighted by Gasteiger charge is 2.17. The van der Waals surface area contributed by atoms with Crippen molar-refractivity contribution < 1.29 is 24.2 Å². The molecule has 0 fully saturated rings. The quantitative estimate of drug-likeness (QED) is 0.657. The molecule has 0 radical (unpaired) electrons. The number of carbonyl (C=O) groups is 2. The molecule has 2 rings (SSSR count). The first-order valence-electron chi connectivity index (χ1n) is 4.62. The lowest BCUT2D eigenvalue weighted by molar-refractivity contribution is -0.146. The summed E-state index contributed by atoms with van der Waals surface area (Å²) >= 11 is 5.91. The van der Waals surface area contributed by atoms with Crippen LogP contribution in [0.1, 0.15) is 5.56 Å². The Bertz CT molecular complexity index is 521. The van der Waals surface area contributed by atoms with Crippen LogP contribution in [0.3, 0.4) is 0 Å². The number of halogens is 1. The van der Waals surface area contributed by atoms with Gasteiger partial charge in [-0.3, -0.25) is 4.79 Å². The van der Waals surface area contributed by atoms with Crippen molar-refractivity contribution in [3.05, 3.63) is 28.8 Å². The van der Waals surface area contributed by atoms with E-state index in [9.17, 15) is 9.59 Å². The van der Waals surface area contributed by atoms with Crippen molar-refractivity contribution in [1.29, 1.82) is 0 Å². The fourth-order valence-electron chi connectivity index (χ4n) is 1.33. The standard InChI is InChI=1S/C11H7ClO5/c12-7-3-6(1-2-8(13)11(14)15)4-9-10(7)17-5-16-9/h1-4H,5H2,(H,14,15)/b2-1+. The Morgan fingerprint density at radius 1 is 1.35 bits per heavy atom. The molecule has 6 heteroatoms. The van der Waals surface area contributed by atoms with Crippen molar-refractivity contribution in [3.63, 3.8) is 0 Å². The van der Waals surface area contributed by atoms with Gasteiger partial charge in [0, 0.05) is 0 Å². The molecule has 5 nitrogen and oxygen atoms in total. The van der Waals surface area contributed by atoms with E-state index in [1.165, 1.54) is 6.08 Å². The van der Waals surface area contributed by atoms with Crippen LogP contribution in [0.5, 0.6) is 11.5 Å². The second-order valence-electron chi connectivity index (χ2n) is 3.24. The topological polar surface area (TPSA) is 72.8 Å². The number of carboxylic acid groups (broad SMARTS) is 1. The van der Waals surface area contributed by atoms with Crippen LogP contribution in [0.15, 0.2) is 18.2 Å². The van der Waals surface area contributed by atoms with Gasteiger partial charge in [-0.25, -0.2) is 4.79 Å². The Hall–Kier alpha value is -2.01. The number of hydrogen-bond acceptors (Lipinski definition) is 4. The summed E-state index contributed by atoms with van der Waals surface area (Å²) in [5.41, 5.74) is 0.564. The van der Waals surface area contributed by atoms with Crippen molar-refractivity contribution in [2.75, 3.05) is 6.79 Å². The van der Waals surface area contributed by atoms with Crippen LogP contribution in [-0.2, 0) is 9.59 Å². The molecule has 88 valence electrons. The number of ketones is 1. The largest absolute Gasteiger partial charge is 0.475 e. The minimum absolute atomic E-state index is 0.0935. The van der Waals surface area contributed by atoms with Gasteiger partial charge in [-0.05, 0) is 23.8 Å². The van der Waals surface area contributed by atoms with Crippen molar-refractivity contribution in [1.82, 2.24) is 0 Å². The second kappa shape index (κ2) is 4.47. The van der Waals surface area contributed by atoms with Gasteiger partial charge in [-0.1, -0.05) is 17.7 Å². The molecule has 0 saturated heterocycles. The van der Waals surface area contributed by atoms with E-state index in [-0.39, 0.29) is 6.79 Å². The van der Waals surface area contributed by atoms with Gasteiger partial charge in [0.15, 0.2) is 11.5 Å². The number of hydrogen-bond donors (Lipinski definition) is 1. The zero-order valence-corrected chi connectivity index (χ0v) is 9.23. The van der Waals surface area contributed by atoms with Gasteiger partial charge in [-0.2, -0.15) is 0 Å². The number of carboxylic acids is 1. The van der Waals surface area contributed by atoms with E-state index in [1.807, 2.05) is 0 Å². The number of carbonyl (C=O) groups excluding carboxylic acids is 1. The number of fused-ring (bicyclic) bond motifs is 1. The van der Waals surface area contributed by atoms with Crippen LogP contribution < -0.4 is 9.47 Å². The van der Waals surface area contributed by atoms with Crippen molar-refractivity contribution in [2.45, 2.75) is 0 Å². The third-order valence-corrected chi connectivity index (χ3v) is 2.37. The summed E-state index contributed by atoms with van der Waals surface area (Å²) < 4.78 is 10.2. The Labute approximate surface area is 101 Å². The van der Waals surface area contributed by atoms with Gasteiger partial charge < -0.3 is 14.6 Å². The monoisotopic (exact) mass is 254 g/mol. The highest BCUT2D eigenvalue weighted by atomic mass is 35.5. The van der Waals surface area contributed by atoms with E-state index in [1.54, 1.807) is 12.1 Å². The average Bonchev–Trinajstić information content (AvgIpc) is 2.74. The van der Waals surface area contributed by atoms with Crippen LogP contribution >= 0.6 is 11.6 Å². The third kappa shape index (κ3) is 2.39. The number of rotatable bonds is 3. The maximum Gasteiger partial charge on any atom is 0.376 e. The van der Waals surface area contributed by atoms with Crippen LogP contribution in [0, 0.1) is 0 Å². The van der Waals surface area contributed by atoms with Crippen molar-refractivity contribution in [3.8, 4) is 11.5 Å². The van der Waals surface area contributed by atoms with E-state index in [0.29, 0.717) is 22.1 Å². The van der Waals surface area contributed by atoms with E-state index >= 15 is 0 Å². The molecule has 0 spiro atoms. The minimum Gasteiger partial charge on any atom is -0.475 e. The molecule has 0 amide bonds. The molecule has 1 aliphatic rings. The van der Waals surface area contributed by atoms with E-state index in [4.69, 9.17) is 26.2 Å². The molecular formula is C11H7ClO5. The first-order valence-corrected chi connectivity index (χ1v) is 5.00. The molecule has 0 atom stereocenters. The summed E-state index contributed by atoms with van der Waals surface area (Å²) in [5.74, 6) is -1.58. The predicted octanol–water partition coefficient (Wildman–Crippen LogP) is 1.74. The van der Waals surface area contributed by atoms with Crippen molar-refractivity contribution in [2.24, 2.45) is 0 Å². The average molecular weight is 255 g/mol. The van der Waals surface area contributed by atoms with E-state index < -0.39 is 11.8 Å². The molecule has 1 aromatic carbocycles. The third-order valence-electron chi connectivity index (χ3n) is 2.09. The summed E-state index contributed by atoms with van der Waals surface area (Å²) in [6.45, 7) is 0.0935. The molecule has 0 saturated carbocycles. The molecule has 1 aliphatic heterocycles. The van der Waals surface area contributed by atoms with Crippen LogP contribution in [0.4, 0.5) is 0 Å². The summed E-state index contributed by atoms with van der Waals surface area (Å²) in [6.07, 6.45) is 2.31.